The third-order valence-corrected chi connectivity index (χ3v) is 3.68. The van der Waals surface area contributed by atoms with Crippen molar-refractivity contribution in [3.8, 4) is 5.88 Å². The third kappa shape index (κ3) is 4.28. The molecule has 2 heterocycles. The van der Waals surface area contributed by atoms with Crippen LogP contribution in [0.2, 0.25) is 0 Å². The van der Waals surface area contributed by atoms with Crippen LogP contribution in [0.4, 0.5) is 0 Å². The summed E-state index contributed by atoms with van der Waals surface area (Å²) in [6, 6.07) is 0. The molecule has 0 N–H and O–H groups in total. The summed E-state index contributed by atoms with van der Waals surface area (Å²) >= 11 is 1.17. The van der Waals surface area contributed by atoms with Gasteiger partial charge in [0.15, 0.2) is 0 Å². The molecule has 0 aliphatic carbocycles. The van der Waals surface area contributed by atoms with E-state index in [0.29, 0.717) is 18.9 Å². The molecule has 0 spiro atoms. The van der Waals surface area contributed by atoms with E-state index < -0.39 is 6.85 Å². The molecule has 106 valence electrons. The lowest BCUT2D eigenvalue weighted by molar-refractivity contribution is 0.294. The van der Waals surface area contributed by atoms with Gasteiger partial charge in [-0.05, 0) is 25.5 Å². The molecule has 0 unspecified atom stereocenters. The SMILES string of the molecule is [2H]C([2H])([2H])CCCCCOc1nsnc1C1=CCCN(C)C1. The Hall–Kier alpha value is -0.940. The van der Waals surface area contributed by atoms with Gasteiger partial charge in [-0.15, -0.1) is 4.37 Å². The molecule has 0 radical (unpaired) electrons. The van der Waals surface area contributed by atoms with E-state index >= 15 is 0 Å². The Labute approximate surface area is 124 Å². The topological polar surface area (TPSA) is 38.3 Å². The summed E-state index contributed by atoms with van der Waals surface area (Å²) in [5.74, 6) is 0.613. The van der Waals surface area contributed by atoms with Gasteiger partial charge in [0.2, 0.25) is 0 Å². The van der Waals surface area contributed by atoms with Crippen LogP contribution in [0.15, 0.2) is 6.08 Å². The van der Waals surface area contributed by atoms with Crippen molar-refractivity contribution >= 4 is 17.3 Å². The number of hydrogen-bond acceptors (Lipinski definition) is 5. The summed E-state index contributed by atoms with van der Waals surface area (Å²) in [6.07, 6.45) is 5.91. The minimum Gasteiger partial charge on any atom is -0.475 e. The maximum absolute atomic E-state index is 7.16. The molecule has 1 aromatic rings. The highest BCUT2D eigenvalue weighted by Crippen LogP contribution is 2.27. The fourth-order valence-corrected chi connectivity index (χ4v) is 2.64. The molecule has 0 aromatic carbocycles. The summed E-state index contributed by atoms with van der Waals surface area (Å²) in [5.41, 5.74) is 2.04. The lowest BCUT2D eigenvalue weighted by atomic mass is 10.1. The lowest BCUT2D eigenvalue weighted by Gasteiger charge is -2.22. The van der Waals surface area contributed by atoms with Gasteiger partial charge >= 0.3 is 0 Å². The predicted molar refractivity (Wildman–Crippen MR) is 79.6 cm³/mol. The lowest BCUT2D eigenvalue weighted by Crippen LogP contribution is -2.25. The molecule has 1 aliphatic heterocycles. The van der Waals surface area contributed by atoms with E-state index in [1.807, 2.05) is 0 Å². The van der Waals surface area contributed by atoms with E-state index in [-0.39, 0.29) is 6.42 Å². The molecule has 1 aliphatic rings. The van der Waals surface area contributed by atoms with Crippen LogP contribution in [0.5, 0.6) is 5.88 Å². The Morgan fingerprint density at radius 3 is 3.21 bits per heavy atom. The van der Waals surface area contributed by atoms with E-state index in [0.717, 1.165) is 38.0 Å². The van der Waals surface area contributed by atoms with Crippen LogP contribution in [0.3, 0.4) is 0 Å². The van der Waals surface area contributed by atoms with Crippen LogP contribution in [0.25, 0.3) is 5.57 Å². The average Bonchev–Trinajstić information content (AvgIpc) is 2.90. The van der Waals surface area contributed by atoms with Gasteiger partial charge in [-0.1, -0.05) is 32.2 Å². The summed E-state index contributed by atoms with van der Waals surface area (Å²) < 4.78 is 35.8. The zero-order valence-corrected chi connectivity index (χ0v) is 12.2. The van der Waals surface area contributed by atoms with Gasteiger partial charge in [-0.25, -0.2) is 0 Å². The van der Waals surface area contributed by atoms with Gasteiger partial charge in [-0.2, -0.15) is 4.37 Å². The standard InChI is InChI=1S/C14H23N3OS/c1-3-4-5-6-10-18-14-13(15-19-16-14)12-8-7-9-17(2)11-12/h8H,3-7,9-11H2,1-2H3/i1D3. The van der Waals surface area contributed by atoms with Crippen LogP contribution in [0.1, 0.15) is 48.8 Å². The monoisotopic (exact) mass is 284 g/mol. The molecule has 0 atom stereocenters. The largest absolute Gasteiger partial charge is 0.475 e. The number of ether oxygens (including phenoxy) is 1. The number of rotatable bonds is 7. The van der Waals surface area contributed by atoms with Gasteiger partial charge in [0.05, 0.1) is 18.3 Å². The van der Waals surface area contributed by atoms with Crippen molar-refractivity contribution in [2.45, 2.75) is 39.0 Å². The van der Waals surface area contributed by atoms with Gasteiger partial charge < -0.3 is 9.64 Å². The van der Waals surface area contributed by atoms with Gasteiger partial charge in [0.1, 0.15) is 5.69 Å². The highest BCUT2D eigenvalue weighted by Gasteiger charge is 2.18. The highest BCUT2D eigenvalue weighted by molar-refractivity contribution is 6.99. The fraction of sp³-hybridized carbons (Fsp3) is 0.714. The van der Waals surface area contributed by atoms with Crippen LogP contribution in [-0.2, 0) is 0 Å². The first-order valence-electron chi connectivity index (χ1n) is 8.29. The zero-order valence-electron chi connectivity index (χ0n) is 14.4. The van der Waals surface area contributed by atoms with Crippen LogP contribution in [-0.4, -0.2) is 40.4 Å². The number of nitrogens with zero attached hydrogens (tertiary/aromatic N) is 3. The Morgan fingerprint density at radius 2 is 2.37 bits per heavy atom. The minimum atomic E-state index is -1.81. The molecule has 0 fully saturated rings. The van der Waals surface area contributed by atoms with Gasteiger partial charge in [0, 0.05) is 17.2 Å². The highest BCUT2D eigenvalue weighted by atomic mass is 32.1. The molecule has 0 saturated carbocycles. The molecule has 0 amide bonds. The number of unbranched alkanes of at least 4 members (excludes halogenated alkanes) is 2. The second kappa shape index (κ2) is 7.60. The van der Waals surface area contributed by atoms with E-state index in [2.05, 4.69) is 26.8 Å². The number of likely N-dealkylation sites (N-methyl/N-ethyl adjacent to an activating group) is 1. The first-order valence-corrected chi connectivity index (χ1v) is 7.52. The van der Waals surface area contributed by atoms with Gasteiger partial charge in [-0.3, -0.25) is 0 Å². The van der Waals surface area contributed by atoms with Crippen molar-refractivity contribution in [3.63, 3.8) is 0 Å². The zero-order chi connectivity index (χ0) is 16.0. The Bertz CT molecular complexity index is 502. The second-order valence-electron chi connectivity index (χ2n) is 4.83. The summed E-state index contributed by atoms with van der Waals surface area (Å²) in [5, 5.41) is 0. The van der Waals surface area contributed by atoms with Crippen LogP contribution in [0, 0.1) is 0 Å². The molecular formula is C14H23N3OS. The van der Waals surface area contributed by atoms with E-state index in [1.54, 1.807) is 0 Å². The van der Waals surface area contributed by atoms with Crippen molar-refractivity contribution in [2.24, 2.45) is 0 Å². The summed E-state index contributed by atoms with van der Waals surface area (Å²) in [7, 11) is 2.10. The molecule has 19 heavy (non-hydrogen) atoms. The summed E-state index contributed by atoms with van der Waals surface area (Å²) in [6.45, 7) is 0.690. The first-order chi connectivity index (χ1) is 10.5. The van der Waals surface area contributed by atoms with E-state index in [4.69, 9.17) is 8.85 Å². The fourth-order valence-electron chi connectivity index (χ4n) is 2.11. The molecule has 2 rings (SSSR count). The quantitative estimate of drug-likeness (QED) is 0.721. The average molecular weight is 284 g/mol. The third-order valence-electron chi connectivity index (χ3n) is 3.16. The van der Waals surface area contributed by atoms with Crippen molar-refractivity contribution in [1.82, 2.24) is 13.6 Å². The Balaban J connectivity index is 1.75. The number of hydrogen-bond donors (Lipinski definition) is 0. The van der Waals surface area contributed by atoms with Crippen molar-refractivity contribution in [3.05, 3.63) is 11.8 Å². The smallest absolute Gasteiger partial charge is 0.253 e. The van der Waals surface area contributed by atoms with Crippen molar-refractivity contribution in [2.75, 3.05) is 26.7 Å². The van der Waals surface area contributed by atoms with Crippen LogP contribution >= 0.6 is 11.7 Å². The van der Waals surface area contributed by atoms with E-state index in [1.165, 1.54) is 17.3 Å². The molecular weight excluding hydrogens is 258 g/mol. The maximum Gasteiger partial charge on any atom is 0.253 e. The second-order valence-corrected chi connectivity index (χ2v) is 5.36. The molecule has 0 saturated heterocycles. The maximum atomic E-state index is 7.16. The predicted octanol–water partition coefficient (Wildman–Crippen LogP) is 3.22. The normalized spacial score (nSPS) is 19.4. The molecule has 0 bridgehead atoms. The van der Waals surface area contributed by atoms with Crippen LogP contribution < -0.4 is 4.74 Å². The number of aromatic nitrogens is 2. The summed E-state index contributed by atoms with van der Waals surface area (Å²) in [4.78, 5) is 2.26. The van der Waals surface area contributed by atoms with Gasteiger partial charge in [0.25, 0.3) is 5.88 Å². The molecule has 5 heteroatoms. The first kappa shape index (κ1) is 10.8. The Morgan fingerprint density at radius 1 is 1.42 bits per heavy atom. The van der Waals surface area contributed by atoms with Crippen molar-refractivity contribution in [1.29, 1.82) is 0 Å². The van der Waals surface area contributed by atoms with Crippen molar-refractivity contribution < 1.29 is 8.85 Å². The molecule has 1 aromatic heterocycles. The minimum absolute atomic E-state index is 0.274. The van der Waals surface area contributed by atoms with E-state index in [9.17, 15) is 0 Å². The Kier molecular flexibility index (Phi) is 4.32. The molecule has 4 nitrogen and oxygen atoms in total.